The lowest BCUT2D eigenvalue weighted by Crippen LogP contribution is -2.29. The van der Waals surface area contributed by atoms with E-state index in [1.165, 1.54) is 51.7 Å². The fourth-order valence-electron chi connectivity index (χ4n) is 2.62. The van der Waals surface area contributed by atoms with E-state index in [1.807, 2.05) is 0 Å². The monoisotopic (exact) mass is 381 g/mol. The SMILES string of the molecule is CCCCCCCCCCNC(=O)COc1cc(C(=O)OC)cc(O)c1O. The van der Waals surface area contributed by atoms with E-state index in [4.69, 9.17) is 4.74 Å². The molecule has 0 aliphatic carbocycles. The maximum absolute atomic E-state index is 11.8. The van der Waals surface area contributed by atoms with Crippen LogP contribution in [0.3, 0.4) is 0 Å². The highest BCUT2D eigenvalue weighted by Crippen LogP contribution is 2.36. The summed E-state index contributed by atoms with van der Waals surface area (Å²) in [7, 11) is 1.20. The van der Waals surface area contributed by atoms with Crippen molar-refractivity contribution in [2.75, 3.05) is 20.3 Å². The topological polar surface area (TPSA) is 105 Å². The van der Waals surface area contributed by atoms with Gasteiger partial charge in [-0.1, -0.05) is 51.9 Å². The van der Waals surface area contributed by atoms with Crippen molar-refractivity contribution < 1.29 is 29.3 Å². The zero-order valence-electron chi connectivity index (χ0n) is 16.3. The van der Waals surface area contributed by atoms with Crippen LogP contribution in [0.4, 0.5) is 0 Å². The van der Waals surface area contributed by atoms with Crippen LogP contribution in [0, 0.1) is 0 Å². The third kappa shape index (κ3) is 8.66. The number of esters is 1. The summed E-state index contributed by atoms with van der Waals surface area (Å²) in [6.07, 6.45) is 9.50. The number of benzene rings is 1. The molecule has 0 radical (unpaired) electrons. The molecule has 0 spiro atoms. The van der Waals surface area contributed by atoms with E-state index in [0.29, 0.717) is 6.54 Å². The predicted octanol–water partition coefficient (Wildman–Crippen LogP) is 3.52. The van der Waals surface area contributed by atoms with Crippen LogP contribution < -0.4 is 10.1 Å². The van der Waals surface area contributed by atoms with E-state index < -0.39 is 17.5 Å². The Kier molecular flexibility index (Phi) is 10.7. The van der Waals surface area contributed by atoms with E-state index in [-0.39, 0.29) is 23.8 Å². The highest BCUT2D eigenvalue weighted by Gasteiger charge is 2.16. The van der Waals surface area contributed by atoms with Crippen molar-refractivity contribution in [3.05, 3.63) is 17.7 Å². The average Bonchev–Trinajstić information content (AvgIpc) is 2.67. The molecule has 1 aromatic carbocycles. The first kappa shape index (κ1) is 22.6. The number of unbranched alkanes of at least 4 members (excludes halogenated alkanes) is 7. The molecular formula is C20H31NO6. The Labute approximate surface area is 160 Å². The maximum Gasteiger partial charge on any atom is 0.338 e. The Morgan fingerprint density at radius 1 is 1.00 bits per heavy atom. The molecule has 1 amide bonds. The summed E-state index contributed by atoms with van der Waals surface area (Å²) in [5.74, 6) is -2.22. The second-order valence-corrected chi connectivity index (χ2v) is 6.45. The molecule has 0 saturated carbocycles. The van der Waals surface area contributed by atoms with Crippen molar-refractivity contribution in [2.24, 2.45) is 0 Å². The summed E-state index contributed by atoms with van der Waals surface area (Å²) in [6.45, 7) is 2.44. The number of carbonyl (C=O) groups excluding carboxylic acids is 2. The minimum absolute atomic E-state index is 0.0159. The van der Waals surface area contributed by atoms with Crippen molar-refractivity contribution in [1.82, 2.24) is 5.32 Å². The highest BCUT2D eigenvalue weighted by molar-refractivity contribution is 5.91. The molecule has 0 unspecified atom stereocenters. The zero-order valence-corrected chi connectivity index (χ0v) is 16.3. The van der Waals surface area contributed by atoms with Crippen LogP contribution in [-0.4, -0.2) is 42.4 Å². The lowest BCUT2D eigenvalue weighted by atomic mass is 10.1. The molecular weight excluding hydrogens is 350 g/mol. The van der Waals surface area contributed by atoms with Crippen LogP contribution in [0.5, 0.6) is 17.2 Å². The third-order valence-electron chi connectivity index (χ3n) is 4.19. The van der Waals surface area contributed by atoms with Gasteiger partial charge < -0.3 is 25.0 Å². The number of rotatable bonds is 13. The number of aromatic hydroxyl groups is 2. The Balaban J connectivity index is 2.28. The number of phenolic OH excluding ortho intramolecular Hbond substituents is 2. The molecule has 0 fully saturated rings. The summed E-state index contributed by atoms with van der Waals surface area (Å²) in [6, 6.07) is 2.28. The van der Waals surface area contributed by atoms with Gasteiger partial charge in [0.25, 0.3) is 5.91 Å². The maximum atomic E-state index is 11.8. The summed E-state index contributed by atoms with van der Waals surface area (Å²) >= 11 is 0. The third-order valence-corrected chi connectivity index (χ3v) is 4.19. The van der Waals surface area contributed by atoms with Crippen LogP contribution in [0.2, 0.25) is 0 Å². The van der Waals surface area contributed by atoms with Crippen LogP contribution in [0.1, 0.15) is 68.6 Å². The molecule has 0 aliphatic rings. The van der Waals surface area contributed by atoms with Gasteiger partial charge in [-0.2, -0.15) is 0 Å². The molecule has 7 nitrogen and oxygen atoms in total. The number of hydrogen-bond acceptors (Lipinski definition) is 6. The quantitative estimate of drug-likeness (QED) is 0.274. The normalized spacial score (nSPS) is 10.4. The second-order valence-electron chi connectivity index (χ2n) is 6.45. The molecule has 0 aliphatic heterocycles. The van der Waals surface area contributed by atoms with Crippen LogP contribution in [0.15, 0.2) is 12.1 Å². The van der Waals surface area contributed by atoms with Gasteiger partial charge >= 0.3 is 5.97 Å². The van der Waals surface area contributed by atoms with Gasteiger partial charge in [0.05, 0.1) is 12.7 Å². The van der Waals surface area contributed by atoms with Crippen LogP contribution in [0.25, 0.3) is 0 Å². The van der Waals surface area contributed by atoms with E-state index in [0.717, 1.165) is 18.9 Å². The van der Waals surface area contributed by atoms with Gasteiger partial charge in [-0.15, -0.1) is 0 Å². The molecule has 1 rings (SSSR count). The molecule has 27 heavy (non-hydrogen) atoms. The highest BCUT2D eigenvalue weighted by atomic mass is 16.5. The van der Waals surface area contributed by atoms with Crippen LogP contribution in [-0.2, 0) is 9.53 Å². The van der Waals surface area contributed by atoms with Gasteiger partial charge in [0, 0.05) is 6.54 Å². The van der Waals surface area contributed by atoms with Crippen molar-refractivity contribution >= 4 is 11.9 Å². The predicted molar refractivity (Wildman–Crippen MR) is 102 cm³/mol. The molecule has 0 heterocycles. The Morgan fingerprint density at radius 2 is 1.63 bits per heavy atom. The number of nitrogens with one attached hydrogen (secondary N) is 1. The number of phenols is 2. The first-order valence-corrected chi connectivity index (χ1v) is 9.53. The first-order valence-electron chi connectivity index (χ1n) is 9.53. The molecule has 7 heteroatoms. The minimum Gasteiger partial charge on any atom is -0.504 e. The van der Waals surface area contributed by atoms with E-state index in [9.17, 15) is 19.8 Å². The molecule has 152 valence electrons. The second kappa shape index (κ2) is 12.8. The fraction of sp³-hybridized carbons (Fsp3) is 0.600. The largest absolute Gasteiger partial charge is 0.504 e. The summed E-state index contributed by atoms with van der Waals surface area (Å²) < 4.78 is 9.78. The minimum atomic E-state index is -0.686. The van der Waals surface area contributed by atoms with E-state index in [2.05, 4.69) is 17.0 Å². The van der Waals surface area contributed by atoms with Gasteiger partial charge in [0.15, 0.2) is 18.1 Å². The zero-order chi connectivity index (χ0) is 20.1. The van der Waals surface area contributed by atoms with Gasteiger partial charge in [0.1, 0.15) is 0 Å². The molecule has 0 aromatic heterocycles. The van der Waals surface area contributed by atoms with Gasteiger partial charge in [0.2, 0.25) is 5.75 Å². The summed E-state index contributed by atoms with van der Waals surface area (Å²) in [5.41, 5.74) is 0.0159. The standard InChI is InChI=1S/C20H31NO6/c1-3-4-5-6-7-8-9-10-11-21-18(23)14-27-17-13-15(20(25)26-2)12-16(22)19(17)24/h12-13,22,24H,3-11,14H2,1-2H3,(H,21,23). The van der Waals surface area contributed by atoms with E-state index in [1.54, 1.807) is 0 Å². The van der Waals surface area contributed by atoms with Crippen LogP contribution >= 0.6 is 0 Å². The fourth-order valence-corrected chi connectivity index (χ4v) is 2.62. The lowest BCUT2D eigenvalue weighted by Gasteiger charge is -2.11. The van der Waals surface area contributed by atoms with E-state index >= 15 is 0 Å². The van der Waals surface area contributed by atoms with Gasteiger partial charge in [-0.3, -0.25) is 4.79 Å². The Morgan fingerprint density at radius 3 is 2.26 bits per heavy atom. The van der Waals surface area contributed by atoms with Gasteiger partial charge in [-0.25, -0.2) is 4.79 Å². The Hall–Kier alpha value is -2.44. The number of amides is 1. The number of hydrogen-bond donors (Lipinski definition) is 3. The average molecular weight is 381 g/mol. The molecule has 0 bridgehead atoms. The molecule has 0 saturated heterocycles. The summed E-state index contributed by atoms with van der Waals surface area (Å²) in [4.78, 5) is 23.3. The van der Waals surface area contributed by atoms with Crippen molar-refractivity contribution in [2.45, 2.75) is 58.3 Å². The first-order chi connectivity index (χ1) is 13.0. The smallest absolute Gasteiger partial charge is 0.338 e. The van der Waals surface area contributed by atoms with Crippen molar-refractivity contribution in [3.63, 3.8) is 0 Å². The Bertz CT molecular complexity index is 602. The molecule has 3 N–H and O–H groups in total. The number of ether oxygens (including phenoxy) is 2. The van der Waals surface area contributed by atoms with Gasteiger partial charge in [-0.05, 0) is 18.6 Å². The van der Waals surface area contributed by atoms with Crippen molar-refractivity contribution in [1.29, 1.82) is 0 Å². The number of carbonyl (C=O) groups is 2. The van der Waals surface area contributed by atoms with Crippen molar-refractivity contribution in [3.8, 4) is 17.2 Å². The molecule has 0 atom stereocenters. The lowest BCUT2D eigenvalue weighted by molar-refractivity contribution is -0.123. The molecule has 1 aromatic rings. The summed E-state index contributed by atoms with van der Waals surface area (Å²) in [5, 5.41) is 22.2. The number of methoxy groups -OCH3 is 1.